The average molecular weight is 184 g/mol. The Balaban J connectivity index is 0.000000322. The second kappa shape index (κ2) is 6.45. The molecule has 0 bridgehead atoms. The first-order valence-electron chi connectivity index (χ1n) is 6.31. The van der Waals surface area contributed by atoms with Crippen LogP contribution in [-0.4, -0.2) is 0 Å². The van der Waals surface area contributed by atoms with Crippen molar-refractivity contribution in [1.82, 2.24) is 0 Å². The van der Waals surface area contributed by atoms with Crippen LogP contribution in [0.2, 0.25) is 0 Å². The Morgan fingerprint density at radius 1 is 0.923 bits per heavy atom. The molecule has 0 N–H and O–H groups in total. The molecule has 1 unspecified atom stereocenters. The molecule has 0 saturated heterocycles. The lowest BCUT2D eigenvalue weighted by Gasteiger charge is -2.25. The average Bonchev–Trinajstić information content (AvgIpc) is 2.91. The summed E-state index contributed by atoms with van der Waals surface area (Å²) in [4.78, 5) is 0. The van der Waals surface area contributed by atoms with Crippen LogP contribution < -0.4 is 0 Å². The van der Waals surface area contributed by atoms with E-state index in [0.29, 0.717) is 0 Å². The largest absolute Gasteiger partial charge is 0.0683 e. The van der Waals surface area contributed by atoms with Gasteiger partial charge in [-0.15, -0.1) is 0 Å². The molecule has 2 fully saturated rings. The first-order chi connectivity index (χ1) is 6.31. The summed E-state index contributed by atoms with van der Waals surface area (Å²) in [6.45, 7) is 10.4. The normalized spacial score (nSPS) is 27.9. The summed E-state index contributed by atoms with van der Waals surface area (Å²) in [5.41, 5.74) is 0.900. The molecular formula is C13H28. The summed E-state index contributed by atoms with van der Waals surface area (Å²) in [5.74, 6) is 1.04. The monoisotopic (exact) mass is 184 g/mol. The van der Waals surface area contributed by atoms with Gasteiger partial charge in [0.25, 0.3) is 0 Å². The van der Waals surface area contributed by atoms with Crippen LogP contribution in [0.1, 0.15) is 73.1 Å². The van der Waals surface area contributed by atoms with E-state index in [1.54, 1.807) is 25.7 Å². The second-order valence-electron chi connectivity index (χ2n) is 4.20. The van der Waals surface area contributed by atoms with E-state index < -0.39 is 0 Å². The second-order valence-corrected chi connectivity index (χ2v) is 4.20. The molecule has 2 aliphatic rings. The summed E-state index contributed by atoms with van der Waals surface area (Å²) in [6.07, 6.45) is 9.22. The Bertz CT molecular complexity index is 111. The Kier molecular flexibility index (Phi) is 6.45. The van der Waals surface area contributed by atoms with Crippen LogP contribution in [0.3, 0.4) is 0 Å². The molecule has 2 saturated carbocycles. The van der Waals surface area contributed by atoms with E-state index in [1.807, 2.05) is 27.7 Å². The van der Waals surface area contributed by atoms with Crippen LogP contribution in [0.25, 0.3) is 0 Å². The van der Waals surface area contributed by atoms with Crippen molar-refractivity contribution in [3.63, 3.8) is 0 Å². The van der Waals surface area contributed by atoms with Gasteiger partial charge in [-0.1, -0.05) is 47.5 Å². The van der Waals surface area contributed by atoms with Gasteiger partial charge in [0.1, 0.15) is 0 Å². The maximum Gasteiger partial charge on any atom is -0.0295 e. The quantitative estimate of drug-likeness (QED) is 0.495. The number of rotatable bonds is 0. The van der Waals surface area contributed by atoms with Gasteiger partial charge in [0.2, 0.25) is 0 Å². The van der Waals surface area contributed by atoms with E-state index in [4.69, 9.17) is 0 Å². The smallest absolute Gasteiger partial charge is 0.0295 e. The molecule has 0 aromatic carbocycles. The summed E-state index contributed by atoms with van der Waals surface area (Å²) >= 11 is 0. The molecule has 2 aliphatic carbocycles. The van der Waals surface area contributed by atoms with Gasteiger partial charge in [0.05, 0.1) is 0 Å². The molecule has 1 atom stereocenters. The third-order valence-electron chi connectivity index (χ3n) is 3.14. The molecule has 80 valence electrons. The van der Waals surface area contributed by atoms with E-state index in [0.717, 1.165) is 11.3 Å². The predicted molar refractivity (Wildman–Crippen MR) is 62.0 cm³/mol. The van der Waals surface area contributed by atoms with Gasteiger partial charge in [0, 0.05) is 0 Å². The fraction of sp³-hybridized carbons (Fsp3) is 1.00. The molecule has 1 spiro atoms. The molecule has 2 rings (SSSR count). The molecule has 0 aromatic heterocycles. The first-order valence-corrected chi connectivity index (χ1v) is 6.31. The van der Waals surface area contributed by atoms with Crippen molar-refractivity contribution in [3.05, 3.63) is 0 Å². The molecule has 0 heterocycles. The highest BCUT2D eigenvalue weighted by atomic mass is 14.5. The Hall–Kier alpha value is 0. The van der Waals surface area contributed by atoms with Gasteiger partial charge in [-0.25, -0.2) is 0 Å². The molecule has 0 amide bonds. The Morgan fingerprint density at radius 2 is 1.46 bits per heavy atom. The van der Waals surface area contributed by atoms with E-state index in [9.17, 15) is 0 Å². The van der Waals surface area contributed by atoms with Crippen LogP contribution in [-0.2, 0) is 0 Å². The summed E-state index contributed by atoms with van der Waals surface area (Å²) in [7, 11) is 0. The van der Waals surface area contributed by atoms with Crippen molar-refractivity contribution >= 4 is 0 Å². The summed E-state index contributed by atoms with van der Waals surface area (Å²) < 4.78 is 0. The van der Waals surface area contributed by atoms with Crippen molar-refractivity contribution in [2.75, 3.05) is 0 Å². The van der Waals surface area contributed by atoms with Crippen molar-refractivity contribution in [3.8, 4) is 0 Å². The fourth-order valence-electron chi connectivity index (χ4n) is 2.40. The minimum absolute atomic E-state index is 0.900. The lowest BCUT2D eigenvalue weighted by Crippen LogP contribution is -2.13. The molecule has 0 heteroatoms. The number of hydrogen-bond acceptors (Lipinski definition) is 0. The van der Waals surface area contributed by atoms with E-state index in [-0.39, 0.29) is 0 Å². The maximum absolute atomic E-state index is 2.42. The molecule has 13 heavy (non-hydrogen) atoms. The minimum atomic E-state index is 0.900. The zero-order valence-corrected chi connectivity index (χ0v) is 10.3. The van der Waals surface area contributed by atoms with Gasteiger partial charge in [-0.2, -0.15) is 0 Å². The van der Waals surface area contributed by atoms with Crippen LogP contribution in [0.4, 0.5) is 0 Å². The van der Waals surface area contributed by atoms with E-state index in [2.05, 4.69) is 6.92 Å². The third-order valence-corrected chi connectivity index (χ3v) is 3.14. The van der Waals surface area contributed by atoms with E-state index >= 15 is 0 Å². The Labute approximate surface area is 85.1 Å². The number of hydrogen-bond donors (Lipinski definition) is 0. The molecule has 0 aromatic rings. The standard InChI is InChI=1S/C9H16.2C2H6/c1-8-3-2-4-9(7-8)5-6-9;2*1-2/h8H,2-7H2,1H3;2*1-2H3. The van der Waals surface area contributed by atoms with Gasteiger partial charge in [0.15, 0.2) is 0 Å². The van der Waals surface area contributed by atoms with E-state index in [1.165, 1.54) is 12.8 Å². The van der Waals surface area contributed by atoms with Gasteiger partial charge < -0.3 is 0 Å². The molecule has 0 aliphatic heterocycles. The van der Waals surface area contributed by atoms with Crippen molar-refractivity contribution in [2.45, 2.75) is 73.1 Å². The van der Waals surface area contributed by atoms with Crippen LogP contribution >= 0.6 is 0 Å². The van der Waals surface area contributed by atoms with Gasteiger partial charge in [-0.3, -0.25) is 0 Å². The van der Waals surface area contributed by atoms with Crippen LogP contribution in [0, 0.1) is 11.3 Å². The van der Waals surface area contributed by atoms with Crippen LogP contribution in [0.15, 0.2) is 0 Å². The maximum atomic E-state index is 2.42. The highest BCUT2D eigenvalue weighted by Gasteiger charge is 2.44. The third kappa shape index (κ3) is 4.15. The van der Waals surface area contributed by atoms with Gasteiger partial charge >= 0.3 is 0 Å². The van der Waals surface area contributed by atoms with Crippen molar-refractivity contribution in [1.29, 1.82) is 0 Å². The summed E-state index contributed by atoms with van der Waals surface area (Å²) in [5, 5.41) is 0. The fourth-order valence-corrected chi connectivity index (χ4v) is 2.40. The predicted octanol–water partition coefficient (Wildman–Crippen LogP) is 5.03. The molecule has 0 radical (unpaired) electrons. The van der Waals surface area contributed by atoms with Crippen LogP contribution in [0.5, 0.6) is 0 Å². The van der Waals surface area contributed by atoms with Crippen molar-refractivity contribution < 1.29 is 0 Å². The summed E-state index contributed by atoms with van der Waals surface area (Å²) in [6, 6.07) is 0. The lowest BCUT2D eigenvalue weighted by molar-refractivity contribution is 0.263. The molecule has 0 nitrogen and oxygen atoms in total. The zero-order chi connectivity index (χ0) is 10.3. The lowest BCUT2D eigenvalue weighted by atomic mass is 9.80. The van der Waals surface area contributed by atoms with Gasteiger partial charge in [-0.05, 0) is 37.0 Å². The minimum Gasteiger partial charge on any atom is -0.0683 e. The molecular weight excluding hydrogens is 156 g/mol. The van der Waals surface area contributed by atoms with Crippen molar-refractivity contribution in [2.24, 2.45) is 11.3 Å². The zero-order valence-electron chi connectivity index (χ0n) is 10.3. The first kappa shape index (κ1) is 13.0. The Morgan fingerprint density at radius 3 is 1.77 bits per heavy atom. The highest BCUT2D eigenvalue weighted by molar-refractivity contribution is 4.96. The SMILES string of the molecule is CC.CC.CC1CCCC2(CC2)C1. The topological polar surface area (TPSA) is 0 Å². The highest BCUT2D eigenvalue weighted by Crippen LogP contribution is 2.57.